The van der Waals surface area contributed by atoms with Gasteiger partial charge in [-0.05, 0) is 29.0 Å². The SMILES string of the molecule is O=C(Oc1ccc2ccccc2c1CN1CCOCC1)c1ccc([N+](=O)[O-])cc1. The third-order valence-corrected chi connectivity index (χ3v) is 5.00. The number of rotatable bonds is 5. The highest BCUT2D eigenvalue weighted by atomic mass is 16.6. The fourth-order valence-corrected chi connectivity index (χ4v) is 3.44. The molecule has 7 nitrogen and oxygen atoms in total. The minimum absolute atomic E-state index is 0.0692. The first-order chi connectivity index (χ1) is 14.1. The summed E-state index contributed by atoms with van der Waals surface area (Å²) in [5.41, 5.74) is 1.14. The van der Waals surface area contributed by atoms with Crippen LogP contribution >= 0.6 is 0 Å². The van der Waals surface area contributed by atoms with Gasteiger partial charge in [0.15, 0.2) is 0 Å². The topological polar surface area (TPSA) is 81.9 Å². The molecular weight excluding hydrogens is 372 g/mol. The molecule has 0 atom stereocenters. The van der Waals surface area contributed by atoms with Crippen molar-refractivity contribution in [1.82, 2.24) is 4.90 Å². The molecular formula is C22H20N2O5. The van der Waals surface area contributed by atoms with Gasteiger partial charge >= 0.3 is 5.97 Å². The van der Waals surface area contributed by atoms with Gasteiger partial charge in [-0.25, -0.2) is 4.79 Å². The van der Waals surface area contributed by atoms with Crippen LogP contribution in [-0.4, -0.2) is 42.1 Å². The van der Waals surface area contributed by atoms with Gasteiger partial charge in [0, 0.05) is 37.3 Å². The zero-order valence-corrected chi connectivity index (χ0v) is 15.7. The quantitative estimate of drug-likeness (QED) is 0.284. The fraction of sp³-hybridized carbons (Fsp3) is 0.227. The van der Waals surface area contributed by atoms with E-state index in [4.69, 9.17) is 9.47 Å². The predicted molar refractivity (Wildman–Crippen MR) is 108 cm³/mol. The molecule has 0 saturated carbocycles. The van der Waals surface area contributed by atoms with E-state index in [1.165, 1.54) is 24.3 Å². The number of morpholine rings is 1. The Morgan fingerprint density at radius 2 is 1.76 bits per heavy atom. The maximum Gasteiger partial charge on any atom is 0.343 e. The summed E-state index contributed by atoms with van der Waals surface area (Å²) in [4.78, 5) is 25.2. The average molecular weight is 392 g/mol. The largest absolute Gasteiger partial charge is 0.423 e. The van der Waals surface area contributed by atoms with Crippen molar-refractivity contribution < 1.29 is 19.2 Å². The van der Waals surface area contributed by atoms with Crippen molar-refractivity contribution in [1.29, 1.82) is 0 Å². The second-order valence-electron chi connectivity index (χ2n) is 6.85. The minimum Gasteiger partial charge on any atom is -0.423 e. The van der Waals surface area contributed by atoms with Crippen molar-refractivity contribution in [3.8, 4) is 5.75 Å². The van der Waals surface area contributed by atoms with Gasteiger partial charge in [0.2, 0.25) is 0 Å². The van der Waals surface area contributed by atoms with Gasteiger partial charge < -0.3 is 9.47 Å². The van der Waals surface area contributed by atoms with Crippen molar-refractivity contribution in [2.45, 2.75) is 6.54 Å². The van der Waals surface area contributed by atoms with E-state index in [1.807, 2.05) is 30.3 Å². The van der Waals surface area contributed by atoms with Crippen LogP contribution in [0, 0.1) is 10.1 Å². The van der Waals surface area contributed by atoms with Crippen molar-refractivity contribution in [3.63, 3.8) is 0 Å². The van der Waals surface area contributed by atoms with Crippen LogP contribution in [-0.2, 0) is 11.3 Å². The normalized spacial score (nSPS) is 14.6. The molecule has 0 spiro atoms. The molecule has 1 heterocycles. The molecule has 3 aromatic rings. The predicted octanol–water partition coefficient (Wildman–Crippen LogP) is 3.80. The van der Waals surface area contributed by atoms with E-state index in [0.717, 1.165) is 29.4 Å². The number of ether oxygens (including phenoxy) is 2. The average Bonchev–Trinajstić information content (AvgIpc) is 2.76. The summed E-state index contributed by atoms with van der Waals surface area (Å²) >= 11 is 0. The number of esters is 1. The molecule has 3 aromatic carbocycles. The number of non-ortho nitro benzene ring substituents is 1. The lowest BCUT2D eigenvalue weighted by molar-refractivity contribution is -0.384. The number of fused-ring (bicyclic) bond motifs is 1. The number of nitrogens with zero attached hydrogens (tertiary/aromatic N) is 2. The Bertz CT molecular complexity index is 1040. The molecule has 7 heteroatoms. The summed E-state index contributed by atoms with van der Waals surface area (Å²) in [5.74, 6) is -0.0445. The zero-order valence-electron chi connectivity index (χ0n) is 15.7. The molecule has 1 aliphatic heterocycles. The first-order valence-corrected chi connectivity index (χ1v) is 9.39. The van der Waals surface area contributed by atoms with Gasteiger partial charge in [0.1, 0.15) is 5.75 Å². The first-order valence-electron chi connectivity index (χ1n) is 9.39. The van der Waals surface area contributed by atoms with Gasteiger partial charge in [-0.2, -0.15) is 0 Å². The summed E-state index contributed by atoms with van der Waals surface area (Å²) in [6.45, 7) is 3.65. The van der Waals surface area contributed by atoms with E-state index in [0.29, 0.717) is 25.5 Å². The number of carbonyl (C=O) groups is 1. The summed E-state index contributed by atoms with van der Waals surface area (Å²) < 4.78 is 11.1. The Hall–Kier alpha value is -3.29. The van der Waals surface area contributed by atoms with E-state index >= 15 is 0 Å². The number of benzene rings is 3. The van der Waals surface area contributed by atoms with Gasteiger partial charge in [-0.1, -0.05) is 30.3 Å². The van der Waals surface area contributed by atoms with Crippen LogP contribution in [0.5, 0.6) is 5.75 Å². The molecule has 4 rings (SSSR count). The molecule has 0 radical (unpaired) electrons. The zero-order chi connectivity index (χ0) is 20.2. The second-order valence-corrected chi connectivity index (χ2v) is 6.85. The summed E-state index contributed by atoms with van der Waals surface area (Å²) in [6, 6.07) is 17.1. The molecule has 0 bridgehead atoms. The van der Waals surface area contributed by atoms with E-state index < -0.39 is 10.9 Å². The van der Waals surface area contributed by atoms with Crippen LogP contribution < -0.4 is 4.74 Å². The van der Waals surface area contributed by atoms with Crippen LogP contribution in [0.25, 0.3) is 10.8 Å². The maximum atomic E-state index is 12.7. The van der Waals surface area contributed by atoms with E-state index in [9.17, 15) is 14.9 Å². The van der Waals surface area contributed by atoms with Gasteiger partial charge in [0.25, 0.3) is 5.69 Å². The van der Waals surface area contributed by atoms with Gasteiger partial charge in [0.05, 0.1) is 23.7 Å². The molecule has 1 fully saturated rings. The molecule has 1 saturated heterocycles. The van der Waals surface area contributed by atoms with Crippen molar-refractivity contribution in [3.05, 3.63) is 81.9 Å². The van der Waals surface area contributed by atoms with Gasteiger partial charge in [-0.15, -0.1) is 0 Å². The lowest BCUT2D eigenvalue weighted by Crippen LogP contribution is -2.35. The first kappa shape index (κ1) is 19.0. The molecule has 0 N–H and O–H groups in total. The minimum atomic E-state index is -0.543. The third-order valence-electron chi connectivity index (χ3n) is 5.00. The van der Waals surface area contributed by atoms with Crippen LogP contribution in [0.3, 0.4) is 0 Å². The highest BCUT2D eigenvalue weighted by molar-refractivity contribution is 5.93. The lowest BCUT2D eigenvalue weighted by Gasteiger charge is -2.27. The number of nitro groups is 1. The monoisotopic (exact) mass is 392 g/mol. The Kier molecular flexibility index (Phi) is 5.50. The van der Waals surface area contributed by atoms with E-state index in [-0.39, 0.29) is 11.3 Å². The van der Waals surface area contributed by atoms with Crippen LogP contribution in [0.1, 0.15) is 15.9 Å². The summed E-state index contributed by atoms with van der Waals surface area (Å²) in [6.07, 6.45) is 0. The molecule has 0 aliphatic carbocycles. The highest BCUT2D eigenvalue weighted by Crippen LogP contribution is 2.30. The smallest absolute Gasteiger partial charge is 0.343 e. The van der Waals surface area contributed by atoms with Crippen LogP contribution in [0.15, 0.2) is 60.7 Å². The highest BCUT2D eigenvalue weighted by Gasteiger charge is 2.19. The Morgan fingerprint density at radius 3 is 2.48 bits per heavy atom. The summed E-state index contributed by atoms with van der Waals surface area (Å²) in [5, 5.41) is 12.9. The van der Waals surface area contributed by atoms with Crippen molar-refractivity contribution in [2.75, 3.05) is 26.3 Å². The van der Waals surface area contributed by atoms with Crippen LogP contribution in [0.4, 0.5) is 5.69 Å². The Labute approximate surface area is 167 Å². The standard InChI is InChI=1S/C22H20N2O5/c25-22(17-5-8-18(9-6-17)24(26)27)29-21-10-7-16-3-1-2-4-19(16)20(21)15-23-11-13-28-14-12-23/h1-10H,11-15H2. The molecule has 29 heavy (non-hydrogen) atoms. The maximum absolute atomic E-state index is 12.7. The number of nitro benzene ring substituents is 1. The Balaban J connectivity index is 1.64. The van der Waals surface area contributed by atoms with Crippen LogP contribution in [0.2, 0.25) is 0 Å². The lowest BCUT2D eigenvalue weighted by atomic mass is 10.0. The van der Waals surface area contributed by atoms with E-state index in [1.54, 1.807) is 6.07 Å². The fourth-order valence-electron chi connectivity index (χ4n) is 3.44. The number of hydrogen-bond donors (Lipinski definition) is 0. The van der Waals surface area contributed by atoms with Crippen molar-refractivity contribution >= 4 is 22.4 Å². The molecule has 0 aromatic heterocycles. The Morgan fingerprint density at radius 1 is 1.03 bits per heavy atom. The summed E-state index contributed by atoms with van der Waals surface area (Å²) in [7, 11) is 0. The van der Waals surface area contributed by atoms with E-state index in [2.05, 4.69) is 4.90 Å². The molecule has 1 aliphatic rings. The van der Waals surface area contributed by atoms with Crippen molar-refractivity contribution in [2.24, 2.45) is 0 Å². The second kappa shape index (κ2) is 8.38. The number of carbonyl (C=O) groups excluding carboxylic acids is 1. The number of hydrogen-bond acceptors (Lipinski definition) is 6. The molecule has 0 amide bonds. The molecule has 0 unspecified atom stereocenters. The third kappa shape index (κ3) is 4.26. The molecule has 148 valence electrons. The van der Waals surface area contributed by atoms with Gasteiger partial charge in [-0.3, -0.25) is 15.0 Å².